The number of alkyl halides is 3. The predicted molar refractivity (Wildman–Crippen MR) is 91.7 cm³/mol. The third kappa shape index (κ3) is 5.87. The summed E-state index contributed by atoms with van der Waals surface area (Å²) in [5.74, 6) is -1.64. The van der Waals surface area contributed by atoms with Crippen LogP contribution in [0.3, 0.4) is 0 Å². The molecular weight excluding hydrogens is 363 g/mol. The molecule has 27 heavy (non-hydrogen) atoms. The molecule has 0 amide bonds. The zero-order chi connectivity index (χ0) is 20.0. The number of esters is 1. The number of nitrogens with zero attached hydrogens (tertiary/aromatic N) is 1. The van der Waals surface area contributed by atoms with Crippen molar-refractivity contribution in [3.63, 3.8) is 0 Å². The van der Waals surface area contributed by atoms with Crippen LogP contribution in [0.5, 0.6) is 11.6 Å². The minimum absolute atomic E-state index is 0.0993. The number of carbonyl (C=O) groups is 1. The smallest absolute Gasteiger partial charge is 0.433 e. The van der Waals surface area contributed by atoms with Crippen LogP contribution < -0.4 is 9.47 Å². The Morgan fingerprint density at radius 1 is 1.15 bits per heavy atom. The first-order valence-corrected chi connectivity index (χ1v) is 8.22. The Morgan fingerprint density at radius 2 is 1.81 bits per heavy atom. The van der Waals surface area contributed by atoms with Crippen LogP contribution in [-0.4, -0.2) is 30.8 Å². The highest BCUT2D eigenvalue weighted by molar-refractivity contribution is 5.78. The van der Waals surface area contributed by atoms with Gasteiger partial charge in [-0.05, 0) is 19.4 Å². The predicted octanol–water partition coefficient (Wildman–Crippen LogP) is 4.22. The van der Waals surface area contributed by atoms with E-state index in [4.69, 9.17) is 14.2 Å². The van der Waals surface area contributed by atoms with E-state index in [0.29, 0.717) is 5.56 Å². The minimum atomic E-state index is -4.66. The second kappa shape index (κ2) is 8.75. The summed E-state index contributed by atoms with van der Waals surface area (Å²) in [6.45, 7) is 3.15. The quantitative estimate of drug-likeness (QED) is 0.670. The zero-order valence-electron chi connectivity index (χ0n) is 15.1. The van der Waals surface area contributed by atoms with E-state index in [1.807, 2.05) is 0 Å². The van der Waals surface area contributed by atoms with Crippen LogP contribution in [-0.2, 0) is 15.7 Å². The van der Waals surface area contributed by atoms with Crippen LogP contribution >= 0.6 is 0 Å². The van der Waals surface area contributed by atoms with Crippen molar-refractivity contribution in [2.45, 2.75) is 32.0 Å². The number of halogens is 3. The lowest BCUT2D eigenvalue weighted by atomic mass is 10.0. The molecule has 0 aliphatic heterocycles. The summed E-state index contributed by atoms with van der Waals surface area (Å²) in [4.78, 5) is 15.5. The van der Waals surface area contributed by atoms with Crippen molar-refractivity contribution in [1.82, 2.24) is 4.98 Å². The minimum Gasteiger partial charge on any atom is -0.492 e. The average molecular weight is 383 g/mol. The van der Waals surface area contributed by atoms with E-state index in [-0.39, 0.29) is 24.3 Å². The van der Waals surface area contributed by atoms with Crippen molar-refractivity contribution in [1.29, 1.82) is 0 Å². The monoisotopic (exact) mass is 383 g/mol. The van der Waals surface area contributed by atoms with Crippen LogP contribution in [0.4, 0.5) is 13.2 Å². The van der Waals surface area contributed by atoms with Crippen LogP contribution in [0.1, 0.15) is 31.0 Å². The maximum absolute atomic E-state index is 13.1. The van der Waals surface area contributed by atoms with Gasteiger partial charge in [0.2, 0.25) is 5.88 Å². The first-order chi connectivity index (χ1) is 12.7. The van der Waals surface area contributed by atoms with Gasteiger partial charge in [0, 0.05) is 12.1 Å². The van der Waals surface area contributed by atoms with Gasteiger partial charge in [0.25, 0.3) is 0 Å². The summed E-state index contributed by atoms with van der Waals surface area (Å²) in [5, 5.41) is 0. The lowest BCUT2D eigenvalue weighted by molar-refractivity contribution is -0.144. The van der Waals surface area contributed by atoms with Crippen molar-refractivity contribution in [2.75, 3.05) is 13.7 Å². The molecule has 1 aromatic heterocycles. The Bertz CT molecular complexity index is 763. The van der Waals surface area contributed by atoms with E-state index in [1.54, 1.807) is 44.2 Å². The first kappa shape index (κ1) is 20.5. The zero-order valence-corrected chi connectivity index (χ0v) is 15.1. The van der Waals surface area contributed by atoms with Crippen LogP contribution in [0.25, 0.3) is 0 Å². The standard InChI is InChI=1S/C19H20F3NO4/c1-12(2)27-17-10-14(9-16(23-17)19(20,21)22)26-11-15(18(24)25-3)13-7-5-4-6-8-13/h4-10,12,15H,11H2,1-3H3. The molecule has 1 heterocycles. The highest BCUT2D eigenvalue weighted by atomic mass is 19.4. The summed E-state index contributed by atoms with van der Waals surface area (Å²) < 4.78 is 54.8. The van der Waals surface area contributed by atoms with Crippen molar-refractivity contribution in [2.24, 2.45) is 0 Å². The Kier molecular flexibility index (Phi) is 6.65. The molecule has 0 N–H and O–H groups in total. The summed E-state index contributed by atoms with van der Waals surface area (Å²) >= 11 is 0. The molecule has 0 saturated heterocycles. The van der Waals surface area contributed by atoms with Gasteiger partial charge in [0.1, 0.15) is 18.3 Å². The van der Waals surface area contributed by atoms with Crippen LogP contribution in [0, 0.1) is 0 Å². The maximum Gasteiger partial charge on any atom is 0.433 e. The Balaban J connectivity index is 2.27. The fraction of sp³-hybridized carbons (Fsp3) is 0.368. The molecule has 0 fully saturated rings. The van der Waals surface area contributed by atoms with E-state index in [1.165, 1.54) is 13.2 Å². The second-order valence-electron chi connectivity index (χ2n) is 5.99. The summed E-state index contributed by atoms with van der Waals surface area (Å²) in [6.07, 6.45) is -5.02. The van der Waals surface area contributed by atoms with Gasteiger partial charge in [0.15, 0.2) is 5.69 Å². The van der Waals surface area contributed by atoms with E-state index < -0.39 is 23.8 Å². The van der Waals surface area contributed by atoms with Gasteiger partial charge in [-0.15, -0.1) is 0 Å². The topological polar surface area (TPSA) is 57.7 Å². The van der Waals surface area contributed by atoms with E-state index >= 15 is 0 Å². The van der Waals surface area contributed by atoms with E-state index in [9.17, 15) is 18.0 Å². The number of rotatable bonds is 7. The molecule has 1 aromatic carbocycles. The summed E-state index contributed by atoms with van der Waals surface area (Å²) in [6, 6.07) is 10.7. The third-order valence-corrected chi connectivity index (χ3v) is 3.53. The van der Waals surface area contributed by atoms with Gasteiger partial charge < -0.3 is 14.2 Å². The van der Waals surface area contributed by atoms with Crippen molar-refractivity contribution in [3.8, 4) is 11.6 Å². The molecule has 0 aliphatic carbocycles. The Morgan fingerprint density at radius 3 is 2.37 bits per heavy atom. The number of pyridine rings is 1. The number of methoxy groups -OCH3 is 1. The fourth-order valence-electron chi connectivity index (χ4n) is 2.32. The fourth-order valence-corrected chi connectivity index (χ4v) is 2.32. The molecule has 1 unspecified atom stereocenters. The normalized spacial score (nSPS) is 12.6. The molecule has 0 aliphatic rings. The number of aromatic nitrogens is 1. The van der Waals surface area contributed by atoms with Gasteiger partial charge in [-0.2, -0.15) is 13.2 Å². The van der Waals surface area contributed by atoms with Crippen molar-refractivity contribution < 1.29 is 32.2 Å². The van der Waals surface area contributed by atoms with Crippen LogP contribution in [0.2, 0.25) is 0 Å². The number of ether oxygens (including phenoxy) is 3. The van der Waals surface area contributed by atoms with Gasteiger partial charge >= 0.3 is 12.1 Å². The number of carbonyl (C=O) groups excluding carboxylic acids is 1. The highest BCUT2D eigenvalue weighted by Crippen LogP contribution is 2.33. The molecule has 1 atom stereocenters. The first-order valence-electron chi connectivity index (χ1n) is 8.22. The molecule has 0 saturated carbocycles. The molecule has 146 valence electrons. The van der Waals surface area contributed by atoms with Crippen LogP contribution in [0.15, 0.2) is 42.5 Å². The van der Waals surface area contributed by atoms with Gasteiger partial charge in [-0.25, -0.2) is 4.98 Å². The third-order valence-electron chi connectivity index (χ3n) is 3.53. The van der Waals surface area contributed by atoms with Crippen molar-refractivity contribution >= 4 is 5.97 Å². The second-order valence-corrected chi connectivity index (χ2v) is 5.99. The highest BCUT2D eigenvalue weighted by Gasteiger charge is 2.34. The number of benzene rings is 1. The molecule has 2 rings (SSSR count). The number of hydrogen-bond donors (Lipinski definition) is 0. The molecule has 0 bridgehead atoms. The van der Waals surface area contributed by atoms with Gasteiger partial charge in [-0.3, -0.25) is 4.79 Å². The largest absolute Gasteiger partial charge is 0.492 e. The lowest BCUT2D eigenvalue weighted by Gasteiger charge is -2.18. The van der Waals surface area contributed by atoms with Crippen molar-refractivity contribution in [3.05, 3.63) is 53.7 Å². The summed E-state index contributed by atoms with van der Waals surface area (Å²) in [5.41, 5.74) is -0.502. The SMILES string of the molecule is COC(=O)C(COc1cc(OC(C)C)nc(C(F)(F)F)c1)c1ccccc1. The molecule has 0 spiro atoms. The molecular formula is C19H20F3NO4. The molecule has 5 nitrogen and oxygen atoms in total. The lowest BCUT2D eigenvalue weighted by Crippen LogP contribution is -2.21. The van der Waals surface area contributed by atoms with Gasteiger partial charge in [-0.1, -0.05) is 30.3 Å². The van der Waals surface area contributed by atoms with Gasteiger partial charge in [0.05, 0.1) is 13.2 Å². The Hall–Kier alpha value is -2.77. The number of hydrogen-bond acceptors (Lipinski definition) is 5. The van der Waals surface area contributed by atoms with E-state index in [2.05, 4.69) is 4.98 Å². The molecule has 2 aromatic rings. The van der Waals surface area contributed by atoms with E-state index in [0.717, 1.165) is 6.07 Å². The molecule has 0 radical (unpaired) electrons. The summed E-state index contributed by atoms with van der Waals surface area (Å²) in [7, 11) is 1.24. The Labute approximate surface area is 155 Å². The average Bonchev–Trinajstić information content (AvgIpc) is 2.61. The maximum atomic E-state index is 13.1. The molecule has 8 heteroatoms.